The molecule has 0 radical (unpaired) electrons. The quantitative estimate of drug-likeness (QED) is 0.688. The predicted octanol–water partition coefficient (Wildman–Crippen LogP) is 4.79. The van der Waals surface area contributed by atoms with Crippen LogP contribution in [0, 0.1) is 0 Å². The summed E-state index contributed by atoms with van der Waals surface area (Å²) in [7, 11) is 0. The van der Waals surface area contributed by atoms with Gasteiger partial charge in [-0.15, -0.1) is 0 Å². The van der Waals surface area contributed by atoms with Crippen LogP contribution in [0.4, 0.5) is 0 Å². The second-order valence-electron chi connectivity index (χ2n) is 5.19. The molecule has 1 aromatic carbocycles. The largest absolute Gasteiger partial charge is 0.481 e. The highest BCUT2D eigenvalue weighted by Gasteiger charge is 2.02. The Labute approximate surface area is 124 Å². The van der Waals surface area contributed by atoms with E-state index in [-0.39, 0.29) is 0 Å². The summed E-state index contributed by atoms with van der Waals surface area (Å²) < 4.78 is 0. The third-order valence-electron chi connectivity index (χ3n) is 3.48. The van der Waals surface area contributed by atoms with Gasteiger partial charge in [0.1, 0.15) is 0 Å². The average Bonchev–Trinajstić information content (AvgIpc) is 2.79. The van der Waals surface area contributed by atoms with E-state index in [9.17, 15) is 4.79 Å². The van der Waals surface area contributed by atoms with Gasteiger partial charge in [0.2, 0.25) is 0 Å². The van der Waals surface area contributed by atoms with E-state index in [0.29, 0.717) is 6.42 Å². The molecule has 4 heteroatoms. The lowest BCUT2D eigenvalue weighted by molar-refractivity contribution is -0.137. The number of nitrogens with one attached hydrogen (secondary N) is 1. The number of carbonyl (C=O) groups is 1. The van der Waals surface area contributed by atoms with E-state index in [4.69, 9.17) is 16.7 Å². The van der Waals surface area contributed by atoms with Crippen molar-refractivity contribution < 1.29 is 9.90 Å². The first kappa shape index (κ1) is 14.9. The highest BCUT2D eigenvalue weighted by molar-refractivity contribution is 6.31. The molecule has 2 aromatic rings. The molecule has 0 atom stereocenters. The highest BCUT2D eigenvalue weighted by Crippen LogP contribution is 2.21. The van der Waals surface area contributed by atoms with Gasteiger partial charge >= 0.3 is 5.97 Å². The van der Waals surface area contributed by atoms with Gasteiger partial charge in [-0.05, 0) is 42.8 Å². The fourth-order valence-corrected chi connectivity index (χ4v) is 2.59. The van der Waals surface area contributed by atoms with E-state index in [1.54, 1.807) is 0 Å². The standard InChI is InChI=1S/C16H20ClNO2/c17-13-9-8-12-10-14(18-15(12)11-13)6-4-2-1-3-5-7-16(19)20/h8-11,18H,1-7H2,(H,19,20). The van der Waals surface area contributed by atoms with Crippen molar-refractivity contribution in [3.05, 3.63) is 35.0 Å². The van der Waals surface area contributed by atoms with Crippen molar-refractivity contribution >= 4 is 28.5 Å². The molecule has 0 fully saturated rings. The van der Waals surface area contributed by atoms with E-state index in [1.165, 1.54) is 11.1 Å². The number of aliphatic carboxylic acids is 1. The van der Waals surface area contributed by atoms with Gasteiger partial charge in [0.05, 0.1) is 0 Å². The number of carboxylic acid groups (broad SMARTS) is 1. The van der Waals surface area contributed by atoms with Gasteiger partial charge in [0, 0.05) is 22.7 Å². The summed E-state index contributed by atoms with van der Waals surface area (Å²) in [4.78, 5) is 13.8. The van der Waals surface area contributed by atoms with Gasteiger partial charge in [0.25, 0.3) is 0 Å². The van der Waals surface area contributed by atoms with Crippen molar-refractivity contribution in [3.63, 3.8) is 0 Å². The first-order valence-corrected chi connectivity index (χ1v) is 7.52. The number of hydrogen-bond donors (Lipinski definition) is 2. The Bertz CT molecular complexity index is 577. The van der Waals surface area contributed by atoms with Crippen LogP contribution >= 0.6 is 11.6 Å². The van der Waals surface area contributed by atoms with Crippen LogP contribution in [-0.2, 0) is 11.2 Å². The number of H-pyrrole nitrogens is 1. The molecule has 0 saturated carbocycles. The number of aryl methyl sites for hydroxylation is 1. The monoisotopic (exact) mass is 293 g/mol. The van der Waals surface area contributed by atoms with Gasteiger partial charge < -0.3 is 10.1 Å². The third-order valence-corrected chi connectivity index (χ3v) is 3.71. The van der Waals surface area contributed by atoms with Crippen molar-refractivity contribution in [2.24, 2.45) is 0 Å². The van der Waals surface area contributed by atoms with Gasteiger partial charge in [-0.3, -0.25) is 4.79 Å². The minimum absolute atomic E-state index is 0.294. The molecule has 0 saturated heterocycles. The summed E-state index contributed by atoms with van der Waals surface area (Å²) in [5, 5.41) is 10.5. The van der Waals surface area contributed by atoms with Crippen molar-refractivity contribution in [2.45, 2.75) is 44.9 Å². The molecule has 0 aliphatic heterocycles. The Balaban J connectivity index is 1.69. The fraction of sp³-hybridized carbons (Fsp3) is 0.438. The number of hydrogen-bond acceptors (Lipinski definition) is 1. The first-order valence-electron chi connectivity index (χ1n) is 7.14. The van der Waals surface area contributed by atoms with E-state index >= 15 is 0 Å². The Morgan fingerprint density at radius 2 is 1.85 bits per heavy atom. The lowest BCUT2D eigenvalue weighted by Gasteiger charge is -1.99. The normalized spacial score (nSPS) is 11.1. The topological polar surface area (TPSA) is 53.1 Å². The van der Waals surface area contributed by atoms with Crippen molar-refractivity contribution in [1.82, 2.24) is 4.98 Å². The number of halogens is 1. The van der Waals surface area contributed by atoms with Gasteiger partial charge in [-0.2, -0.15) is 0 Å². The number of fused-ring (bicyclic) bond motifs is 1. The lowest BCUT2D eigenvalue weighted by Crippen LogP contribution is -1.93. The molecule has 0 bridgehead atoms. The molecule has 108 valence electrons. The highest BCUT2D eigenvalue weighted by atomic mass is 35.5. The van der Waals surface area contributed by atoms with E-state index in [0.717, 1.165) is 49.1 Å². The number of rotatable bonds is 8. The van der Waals surface area contributed by atoms with Crippen LogP contribution in [0.25, 0.3) is 10.9 Å². The molecular formula is C16H20ClNO2. The number of benzene rings is 1. The molecule has 3 nitrogen and oxygen atoms in total. The Hall–Kier alpha value is -1.48. The molecule has 0 unspecified atom stereocenters. The second-order valence-corrected chi connectivity index (χ2v) is 5.62. The number of aromatic amines is 1. The zero-order valence-electron chi connectivity index (χ0n) is 11.5. The molecule has 0 spiro atoms. The maximum Gasteiger partial charge on any atom is 0.303 e. The Morgan fingerprint density at radius 3 is 2.65 bits per heavy atom. The molecule has 0 aliphatic rings. The number of carboxylic acids is 1. The molecule has 1 heterocycles. The molecule has 0 aliphatic carbocycles. The van der Waals surface area contributed by atoms with Crippen LogP contribution in [0.15, 0.2) is 24.3 Å². The van der Waals surface area contributed by atoms with Crippen LogP contribution in [-0.4, -0.2) is 16.1 Å². The van der Waals surface area contributed by atoms with E-state index in [2.05, 4.69) is 11.1 Å². The maximum atomic E-state index is 10.4. The summed E-state index contributed by atoms with van der Waals surface area (Å²) in [6.07, 6.45) is 6.52. The average molecular weight is 294 g/mol. The molecule has 20 heavy (non-hydrogen) atoms. The van der Waals surface area contributed by atoms with Crippen LogP contribution in [0.2, 0.25) is 5.02 Å². The van der Waals surface area contributed by atoms with Gasteiger partial charge in [-0.25, -0.2) is 0 Å². The zero-order chi connectivity index (χ0) is 14.4. The SMILES string of the molecule is O=C(O)CCCCCCCc1cc2ccc(Cl)cc2[nH]1. The van der Waals surface area contributed by atoms with E-state index < -0.39 is 5.97 Å². The minimum Gasteiger partial charge on any atom is -0.481 e. The van der Waals surface area contributed by atoms with Crippen LogP contribution in [0.1, 0.15) is 44.2 Å². The van der Waals surface area contributed by atoms with Crippen LogP contribution in [0.3, 0.4) is 0 Å². The van der Waals surface area contributed by atoms with Crippen molar-refractivity contribution in [3.8, 4) is 0 Å². The van der Waals surface area contributed by atoms with Crippen LogP contribution < -0.4 is 0 Å². The molecular weight excluding hydrogens is 274 g/mol. The predicted molar refractivity (Wildman–Crippen MR) is 82.4 cm³/mol. The van der Waals surface area contributed by atoms with Gasteiger partial charge in [0.15, 0.2) is 0 Å². The molecule has 2 N–H and O–H groups in total. The molecule has 0 amide bonds. The number of unbranched alkanes of at least 4 members (excludes halogenated alkanes) is 4. The maximum absolute atomic E-state index is 10.4. The van der Waals surface area contributed by atoms with Gasteiger partial charge in [-0.1, -0.05) is 36.9 Å². The first-order chi connectivity index (χ1) is 9.65. The van der Waals surface area contributed by atoms with Crippen molar-refractivity contribution in [2.75, 3.05) is 0 Å². The summed E-state index contributed by atoms with van der Waals surface area (Å²) in [6.45, 7) is 0. The summed E-state index contributed by atoms with van der Waals surface area (Å²) in [5.74, 6) is -0.693. The summed E-state index contributed by atoms with van der Waals surface area (Å²) in [6, 6.07) is 8.07. The molecule has 1 aromatic heterocycles. The lowest BCUT2D eigenvalue weighted by atomic mass is 10.1. The Kier molecular flexibility index (Phi) is 5.48. The summed E-state index contributed by atoms with van der Waals surface area (Å²) >= 11 is 5.96. The Morgan fingerprint density at radius 1 is 1.10 bits per heavy atom. The molecule has 2 rings (SSSR count). The smallest absolute Gasteiger partial charge is 0.303 e. The van der Waals surface area contributed by atoms with E-state index in [1.807, 2.05) is 18.2 Å². The fourth-order valence-electron chi connectivity index (χ4n) is 2.42. The zero-order valence-corrected chi connectivity index (χ0v) is 12.2. The second kappa shape index (κ2) is 7.34. The minimum atomic E-state index is -0.693. The van der Waals surface area contributed by atoms with Crippen molar-refractivity contribution in [1.29, 1.82) is 0 Å². The third kappa shape index (κ3) is 4.57. The number of aromatic nitrogens is 1. The summed E-state index contributed by atoms with van der Waals surface area (Å²) in [5.41, 5.74) is 2.33. The van der Waals surface area contributed by atoms with Crippen LogP contribution in [0.5, 0.6) is 0 Å².